The summed E-state index contributed by atoms with van der Waals surface area (Å²) in [4.78, 5) is 17.8. The lowest BCUT2D eigenvalue weighted by molar-refractivity contribution is -0.137. The minimum Gasteiger partial charge on any atom is -0.497 e. The first-order chi connectivity index (χ1) is 15.8. The number of rotatable bonds is 6. The van der Waals surface area contributed by atoms with E-state index in [1.165, 1.54) is 12.1 Å². The first-order valence-electron chi connectivity index (χ1n) is 10.3. The van der Waals surface area contributed by atoms with E-state index in [1.807, 2.05) is 24.3 Å². The minimum absolute atomic E-state index is 0.231. The number of hydrogen-bond donors (Lipinski definition) is 2. The molecule has 0 amide bonds. The fraction of sp³-hybridized carbons (Fsp3) is 0.318. The van der Waals surface area contributed by atoms with Gasteiger partial charge in [-0.3, -0.25) is 0 Å². The molecular weight excluding hydrogens is 435 g/mol. The third-order valence-electron chi connectivity index (χ3n) is 5.22. The third-order valence-corrected chi connectivity index (χ3v) is 5.22. The van der Waals surface area contributed by atoms with E-state index in [9.17, 15) is 13.2 Å². The van der Waals surface area contributed by atoms with Gasteiger partial charge in [0.1, 0.15) is 5.75 Å². The molecule has 1 aliphatic heterocycles. The summed E-state index contributed by atoms with van der Waals surface area (Å²) >= 11 is 0. The van der Waals surface area contributed by atoms with Gasteiger partial charge in [-0.1, -0.05) is 0 Å². The molecule has 174 valence electrons. The highest BCUT2D eigenvalue weighted by Crippen LogP contribution is 2.30. The van der Waals surface area contributed by atoms with Crippen LogP contribution in [0.3, 0.4) is 0 Å². The number of hydrogen-bond acceptors (Lipinski definition) is 8. The molecule has 0 spiro atoms. The molecule has 0 aliphatic carbocycles. The minimum atomic E-state index is -4.39. The molecule has 2 aromatic carbocycles. The summed E-state index contributed by atoms with van der Waals surface area (Å²) < 4.78 is 43.8. The molecule has 33 heavy (non-hydrogen) atoms. The molecule has 0 saturated carbocycles. The maximum Gasteiger partial charge on any atom is 0.416 e. The van der Waals surface area contributed by atoms with Gasteiger partial charge < -0.3 is 25.2 Å². The van der Waals surface area contributed by atoms with Crippen LogP contribution in [-0.4, -0.2) is 60.2 Å². The van der Waals surface area contributed by atoms with Crippen molar-refractivity contribution in [1.29, 1.82) is 0 Å². The molecule has 8 nitrogen and oxygen atoms in total. The van der Waals surface area contributed by atoms with Crippen LogP contribution in [0.2, 0.25) is 0 Å². The number of halogens is 3. The zero-order chi connectivity index (χ0) is 23.4. The highest BCUT2D eigenvalue weighted by Gasteiger charge is 2.30. The van der Waals surface area contributed by atoms with Gasteiger partial charge in [0.2, 0.25) is 17.8 Å². The number of nitrogens with zero attached hydrogens (tertiary/aromatic N) is 5. The average molecular weight is 459 g/mol. The Hall–Kier alpha value is -3.60. The van der Waals surface area contributed by atoms with Gasteiger partial charge in [-0.25, -0.2) is 0 Å². The van der Waals surface area contributed by atoms with Crippen molar-refractivity contribution in [3.63, 3.8) is 0 Å². The van der Waals surface area contributed by atoms with E-state index in [4.69, 9.17) is 4.74 Å². The van der Waals surface area contributed by atoms with Crippen molar-refractivity contribution in [2.45, 2.75) is 6.18 Å². The van der Waals surface area contributed by atoms with Crippen molar-refractivity contribution in [3.8, 4) is 5.75 Å². The van der Waals surface area contributed by atoms with Crippen LogP contribution in [0.15, 0.2) is 48.5 Å². The second kappa shape index (κ2) is 9.49. The van der Waals surface area contributed by atoms with Crippen LogP contribution in [0, 0.1) is 0 Å². The van der Waals surface area contributed by atoms with Crippen molar-refractivity contribution in [1.82, 2.24) is 19.9 Å². The average Bonchev–Trinajstić information content (AvgIpc) is 2.80. The fourth-order valence-electron chi connectivity index (χ4n) is 3.30. The summed E-state index contributed by atoms with van der Waals surface area (Å²) in [5.74, 6) is 1.76. The Morgan fingerprint density at radius 1 is 0.788 bits per heavy atom. The Labute approximate surface area is 189 Å². The molecule has 1 aliphatic rings. The summed E-state index contributed by atoms with van der Waals surface area (Å²) in [5, 5.41) is 6.14. The van der Waals surface area contributed by atoms with E-state index < -0.39 is 11.7 Å². The Morgan fingerprint density at radius 2 is 1.30 bits per heavy atom. The number of benzene rings is 2. The van der Waals surface area contributed by atoms with Crippen LogP contribution in [0.25, 0.3) is 0 Å². The molecule has 1 aromatic heterocycles. The Bertz CT molecular complexity index is 1070. The normalized spacial score (nSPS) is 14.8. The third kappa shape index (κ3) is 5.80. The zero-order valence-electron chi connectivity index (χ0n) is 18.2. The fourth-order valence-corrected chi connectivity index (χ4v) is 3.30. The van der Waals surface area contributed by atoms with Crippen LogP contribution in [0.4, 0.5) is 42.4 Å². The van der Waals surface area contributed by atoms with E-state index in [2.05, 4.69) is 42.4 Å². The molecular formula is C22H24F3N7O. The van der Waals surface area contributed by atoms with Crippen LogP contribution in [0.1, 0.15) is 5.56 Å². The monoisotopic (exact) mass is 459 g/mol. The van der Waals surface area contributed by atoms with Crippen LogP contribution in [0.5, 0.6) is 5.75 Å². The standard InChI is InChI=1S/C22H24F3N7O/c1-31-11-13-32(14-12-31)21-29-19(26-16-5-3-15(4-6-16)22(23,24)25)28-20(30-21)27-17-7-9-18(33-2)10-8-17/h3-10H,11-14H2,1-2H3,(H2,26,27,28,29,30). The molecule has 1 fully saturated rings. The summed E-state index contributed by atoms with van der Waals surface area (Å²) in [6, 6.07) is 12.0. The first-order valence-corrected chi connectivity index (χ1v) is 10.3. The SMILES string of the molecule is COc1ccc(Nc2nc(Nc3ccc(C(F)(F)F)cc3)nc(N3CCN(C)CC3)n2)cc1. The Kier molecular flexibility index (Phi) is 6.50. The summed E-state index contributed by atoms with van der Waals surface area (Å²) in [7, 11) is 3.65. The van der Waals surface area contributed by atoms with E-state index in [-0.39, 0.29) is 5.95 Å². The smallest absolute Gasteiger partial charge is 0.416 e. The number of piperazine rings is 1. The summed E-state index contributed by atoms with van der Waals surface area (Å²) in [5.41, 5.74) is 0.476. The molecule has 1 saturated heterocycles. The molecule has 0 atom stereocenters. The van der Waals surface area contributed by atoms with Crippen LogP contribution >= 0.6 is 0 Å². The zero-order valence-corrected chi connectivity index (χ0v) is 18.2. The van der Waals surface area contributed by atoms with Crippen LogP contribution < -0.4 is 20.3 Å². The molecule has 4 rings (SSSR count). The number of aromatic nitrogens is 3. The number of nitrogens with one attached hydrogen (secondary N) is 2. The maximum atomic E-state index is 12.9. The molecule has 0 unspecified atom stereocenters. The van der Waals surface area contributed by atoms with Crippen molar-refractivity contribution in [2.75, 3.05) is 55.9 Å². The van der Waals surface area contributed by atoms with Gasteiger partial charge in [0.15, 0.2) is 0 Å². The maximum absolute atomic E-state index is 12.9. The highest BCUT2D eigenvalue weighted by atomic mass is 19.4. The second-order valence-corrected chi connectivity index (χ2v) is 7.63. The number of methoxy groups -OCH3 is 1. The summed E-state index contributed by atoms with van der Waals surface area (Å²) in [6.45, 7) is 3.24. The van der Waals surface area contributed by atoms with E-state index in [1.54, 1.807) is 7.11 Å². The molecule has 3 aromatic rings. The number of anilines is 5. The van der Waals surface area contributed by atoms with Gasteiger partial charge in [-0.15, -0.1) is 0 Å². The Morgan fingerprint density at radius 3 is 1.79 bits per heavy atom. The highest BCUT2D eigenvalue weighted by molar-refractivity contribution is 5.60. The predicted molar refractivity (Wildman–Crippen MR) is 121 cm³/mol. The molecule has 0 radical (unpaired) electrons. The molecule has 0 bridgehead atoms. The number of likely N-dealkylation sites (N-methyl/N-ethyl adjacent to an activating group) is 1. The van der Waals surface area contributed by atoms with Gasteiger partial charge in [-0.2, -0.15) is 28.1 Å². The lowest BCUT2D eigenvalue weighted by Gasteiger charge is -2.32. The van der Waals surface area contributed by atoms with Gasteiger partial charge >= 0.3 is 6.18 Å². The topological polar surface area (TPSA) is 78.4 Å². The lowest BCUT2D eigenvalue weighted by atomic mass is 10.2. The van der Waals surface area contributed by atoms with Crippen molar-refractivity contribution >= 4 is 29.2 Å². The van der Waals surface area contributed by atoms with Crippen LogP contribution in [-0.2, 0) is 6.18 Å². The predicted octanol–water partition coefficient (Wildman–Crippen LogP) is 4.14. The molecule has 11 heteroatoms. The van der Waals surface area contributed by atoms with E-state index in [0.29, 0.717) is 17.6 Å². The second-order valence-electron chi connectivity index (χ2n) is 7.63. The molecule has 2 heterocycles. The van der Waals surface area contributed by atoms with Gasteiger partial charge in [0.25, 0.3) is 0 Å². The Balaban J connectivity index is 1.60. The van der Waals surface area contributed by atoms with Gasteiger partial charge in [-0.05, 0) is 55.6 Å². The number of ether oxygens (including phenoxy) is 1. The van der Waals surface area contributed by atoms with E-state index in [0.717, 1.165) is 49.7 Å². The summed E-state index contributed by atoms with van der Waals surface area (Å²) in [6.07, 6.45) is -4.39. The lowest BCUT2D eigenvalue weighted by Crippen LogP contribution is -2.45. The van der Waals surface area contributed by atoms with E-state index >= 15 is 0 Å². The van der Waals surface area contributed by atoms with Gasteiger partial charge in [0, 0.05) is 37.6 Å². The largest absolute Gasteiger partial charge is 0.497 e. The quantitative estimate of drug-likeness (QED) is 0.570. The van der Waals surface area contributed by atoms with Crippen molar-refractivity contribution in [2.24, 2.45) is 0 Å². The van der Waals surface area contributed by atoms with Gasteiger partial charge in [0.05, 0.1) is 12.7 Å². The van der Waals surface area contributed by atoms with Crippen molar-refractivity contribution in [3.05, 3.63) is 54.1 Å². The number of alkyl halides is 3. The first kappa shape index (κ1) is 22.6. The van der Waals surface area contributed by atoms with Crippen molar-refractivity contribution < 1.29 is 17.9 Å². The molecule has 2 N–H and O–H groups in total.